The van der Waals surface area contributed by atoms with Crippen molar-refractivity contribution in [2.24, 2.45) is 10.9 Å². The molecule has 1 aromatic rings. The normalized spacial score (nSPS) is 20.3. The Kier molecular flexibility index (Phi) is 3.06. The molecule has 0 saturated heterocycles. The predicted molar refractivity (Wildman–Crippen MR) is 66.9 cm³/mol. The molecule has 1 aromatic carbocycles. The maximum atomic E-state index is 5.63. The highest BCUT2D eigenvalue weighted by Crippen LogP contribution is 2.17. The maximum absolute atomic E-state index is 5.63. The van der Waals surface area contributed by atoms with Crippen LogP contribution in [0.5, 0.6) is 0 Å². The molecule has 3 heteroatoms. The molecule has 2 atom stereocenters. The smallest absolute Gasteiger partial charge is 0.217 e. The van der Waals surface area contributed by atoms with Crippen LogP contribution >= 0.6 is 9.24 Å². The average Bonchev–Trinajstić information content (AvgIpc) is 2.67. The van der Waals surface area contributed by atoms with Gasteiger partial charge in [0, 0.05) is 5.56 Å². The molecule has 0 radical (unpaired) electrons. The quantitative estimate of drug-likeness (QED) is 0.700. The highest BCUT2D eigenvalue weighted by atomic mass is 31.0. The van der Waals surface area contributed by atoms with Crippen LogP contribution in [-0.2, 0) is 4.74 Å². The molecular formula is C12H16NOP. The van der Waals surface area contributed by atoms with E-state index in [9.17, 15) is 0 Å². The Hall–Kier alpha value is -0.880. The highest BCUT2D eigenvalue weighted by molar-refractivity contribution is 7.27. The molecule has 0 aliphatic carbocycles. The monoisotopic (exact) mass is 221 g/mol. The van der Waals surface area contributed by atoms with Gasteiger partial charge in [0.15, 0.2) is 0 Å². The first-order valence-electron chi connectivity index (χ1n) is 5.24. The standard InChI is InChI=1S/C12H16NOP/c1-8(2)10-7-14-12(13-10)9-5-3-4-6-11(9)15/h3-6,8,10H,7,15H2,1-2H3. The van der Waals surface area contributed by atoms with E-state index in [0.717, 1.165) is 16.8 Å². The van der Waals surface area contributed by atoms with E-state index in [-0.39, 0.29) is 0 Å². The van der Waals surface area contributed by atoms with Gasteiger partial charge in [0.25, 0.3) is 0 Å². The van der Waals surface area contributed by atoms with Gasteiger partial charge in [-0.2, -0.15) is 0 Å². The van der Waals surface area contributed by atoms with Crippen LogP contribution in [0.2, 0.25) is 0 Å². The molecule has 0 saturated carbocycles. The Bertz CT molecular complexity index is 387. The maximum Gasteiger partial charge on any atom is 0.217 e. The van der Waals surface area contributed by atoms with Crippen LogP contribution in [0.15, 0.2) is 29.3 Å². The van der Waals surface area contributed by atoms with Gasteiger partial charge in [-0.3, -0.25) is 0 Å². The van der Waals surface area contributed by atoms with Crippen LogP contribution in [0.25, 0.3) is 0 Å². The molecule has 2 rings (SSSR count). The van der Waals surface area contributed by atoms with Crippen molar-refractivity contribution in [3.63, 3.8) is 0 Å². The van der Waals surface area contributed by atoms with Gasteiger partial charge in [0.1, 0.15) is 6.61 Å². The van der Waals surface area contributed by atoms with E-state index in [1.165, 1.54) is 0 Å². The molecule has 0 amide bonds. The van der Waals surface area contributed by atoms with Gasteiger partial charge in [-0.05, 0) is 17.3 Å². The van der Waals surface area contributed by atoms with Crippen molar-refractivity contribution in [3.8, 4) is 0 Å². The van der Waals surface area contributed by atoms with Gasteiger partial charge < -0.3 is 4.74 Å². The molecule has 0 aromatic heterocycles. The van der Waals surface area contributed by atoms with Crippen LogP contribution < -0.4 is 5.30 Å². The predicted octanol–water partition coefficient (Wildman–Crippen LogP) is 1.99. The summed E-state index contributed by atoms with van der Waals surface area (Å²) >= 11 is 0. The van der Waals surface area contributed by atoms with Crippen LogP contribution in [0.1, 0.15) is 19.4 Å². The highest BCUT2D eigenvalue weighted by Gasteiger charge is 2.23. The Morgan fingerprint density at radius 1 is 1.40 bits per heavy atom. The molecule has 1 aliphatic rings. The summed E-state index contributed by atoms with van der Waals surface area (Å²) in [6, 6.07) is 8.43. The summed E-state index contributed by atoms with van der Waals surface area (Å²) in [5, 5.41) is 1.14. The molecule has 80 valence electrons. The van der Waals surface area contributed by atoms with E-state index in [1.807, 2.05) is 18.2 Å². The fourth-order valence-electron chi connectivity index (χ4n) is 1.57. The molecular weight excluding hydrogens is 205 g/mol. The van der Waals surface area contributed by atoms with Crippen LogP contribution in [0.3, 0.4) is 0 Å². The molecule has 1 aliphatic heterocycles. The van der Waals surface area contributed by atoms with Crippen molar-refractivity contribution < 1.29 is 4.74 Å². The van der Waals surface area contributed by atoms with Crippen molar-refractivity contribution in [2.75, 3.05) is 6.61 Å². The molecule has 0 N–H and O–H groups in total. The summed E-state index contributed by atoms with van der Waals surface area (Å²) in [6.45, 7) is 5.06. The minimum Gasteiger partial charge on any atom is -0.475 e. The van der Waals surface area contributed by atoms with Crippen molar-refractivity contribution in [1.29, 1.82) is 0 Å². The lowest BCUT2D eigenvalue weighted by atomic mass is 10.1. The zero-order chi connectivity index (χ0) is 10.8. The second-order valence-electron chi connectivity index (χ2n) is 4.14. The number of nitrogens with zero attached hydrogens (tertiary/aromatic N) is 1. The van der Waals surface area contributed by atoms with Crippen LogP contribution in [0, 0.1) is 5.92 Å². The van der Waals surface area contributed by atoms with E-state index in [2.05, 4.69) is 34.1 Å². The summed E-state index contributed by atoms with van der Waals surface area (Å²) in [5.74, 6) is 1.33. The molecule has 0 spiro atoms. The first-order chi connectivity index (χ1) is 7.18. The van der Waals surface area contributed by atoms with Gasteiger partial charge in [-0.25, -0.2) is 4.99 Å². The van der Waals surface area contributed by atoms with E-state index in [4.69, 9.17) is 4.74 Å². The Labute approximate surface area is 93.0 Å². The van der Waals surface area contributed by atoms with E-state index in [1.54, 1.807) is 0 Å². The second-order valence-corrected chi connectivity index (χ2v) is 4.77. The number of ether oxygens (including phenoxy) is 1. The fraction of sp³-hybridized carbons (Fsp3) is 0.417. The molecule has 2 unspecified atom stereocenters. The van der Waals surface area contributed by atoms with Gasteiger partial charge in [-0.1, -0.05) is 32.0 Å². The van der Waals surface area contributed by atoms with Gasteiger partial charge >= 0.3 is 0 Å². The van der Waals surface area contributed by atoms with Crippen molar-refractivity contribution in [3.05, 3.63) is 29.8 Å². The van der Waals surface area contributed by atoms with E-state index >= 15 is 0 Å². The van der Waals surface area contributed by atoms with E-state index < -0.39 is 0 Å². The first-order valence-corrected chi connectivity index (χ1v) is 5.81. The second kappa shape index (κ2) is 4.32. The molecule has 2 nitrogen and oxygen atoms in total. The molecule has 0 bridgehead atoms. The van der Waals surface area contributed by atoms with Crippen molar-refractivity contribution in [2.45, 2.75) is 19.9 Å². The number of aliphatic imine (C=N–C) groups is 1. The molecule has 15 heavy (non-hydrogen) atoms. The first kappa shape index (κ1) is 10.6. The third kappa shape index (κ3) is 2.21. The molecule has 0 fully saturated rings. The van der Waals surface area contributed by atoms with Crippen molar-refractivity contribution in [1.82, 2.24) is 0 Å². The van der Waals surface area contributed by atoms with Crippen molar-refractivity contribution >= 4 is 20.4 Å². The summed E-state index contributed by atoms with van der Waals surface area (Å²) in [5.41, 5.74) is 1.09. The zero-order valence-electron chi connectivity index (χ0n) is 9.10. The summed E-state index contributed by atoms with van der Waals surface area (Å²) < 4.78 is 5.63. The van der Waals surface area contributed by atoms with E-state index in [0.29, 0.717) is 18.6 Å². The Morgan fingerprint density at radius 3 is 2.73 bits per heavy atom. The number of benzene rings is 1. The average molecular weight is 221 g/mol. The summed E-state index contributed by atoms with van der Waals surface area (Å²) in [6.07, 6.45) is 0. The third-order valence-corrected chi connectivity index (χ3v) is 3.14. The lowest BCUT2D eigenvalue weighted by molar-refractivity contribution is 0.292. The fourth-order valence-corrected chi connectivity index (χ4v) is 1.90. The van der Waals surface area contributed by atoms with Gasteiger partial charge in [0.2, 0.25) is 5.90 Å². The molecule has 1 heterocycles. The topological polar surface area (TPSA) is 21.6 Å². The minimum absolute atomic E-state index is 0.310. The third-order valence-electron chi connectivity index (χ3n) is 2.63. The lowest BCUT2D eigenvalue weighted by Crippen LogP contribution is -2.13. The number of rotatable bonds is 2. The van der Waals surface area contributed by atoms with Crippen LogP contribution in [0.4, 0.5) is 0 Å². The van der Waals surface area contributed by atoms with Gasteiger partial charge in [0.05, 0.1) is 6.04 Å². The number of hydrogen-bond acceptors (Lipinski definition) is 2. The SMILES string of the molecule is CC(C)C1COC(c2ccccc2P)=N1. The van der Waals surface area contributed by atoms with Crippen LogP contribution in [-0.4, -0.2) is 18.5 Å². The Morgan fingerprint density at radius 2 is 2.13 bits per heavy atom. The number of hydrogen-bond donors (Lipinski definition) is 0. The summed E-state index contributed by atoms with van der Waals surface area (Å²) in [7, 11) is 2.72. The largest absolute Gasteiger partial charge is 0.475 e. The lowest BCUT2D eigenvalue weighted by Gasteiger charge is -2.06. The minimum atomic E-state index is 0.310. The zero-order valence-corrected chi connectivity index (χ0v) is 10.3. The van der Waals surface area contributed by atoms with Gasteiger partial charge in [-0.15, -0.1) is 9.24 Å². The summed E-state index contributed by atoms with van der Waals surface area (Å²) in [4.78, 5) is 4.60. The Balaban J connectivity index is 2.27.